The summed E-state index contributed by atoms with van der Waals surface area (Å²) in [4.78, 5) is 2.43. The van der Waals surface area contributed by atoms with Crippen LogP contribution in [0.1, 0.15) is 31.9 Å². The van der Waals surface area contributed by atoms with Crippen LogP contribution in [0.25, 0.3) is 0 Å². The van der Waals surface area contributed by atoms with E-state index < -0.39 is 0 Å². The first-order valence-corrected chi connectivity index (χ1v) is 7.55. The fraction of sp³-hybridized carbons (Fsp3) is 0.625. The molecule has 1 aliphatic heterocycles. The summed E-state index contributed by atoms with van der Waals surface area (Å²) in [5.74, 6) is 1.81. The van der Waals surface area contributed by atoms with Gasteiger partial charge in [0.25, 0.3) is 0 Å². The van der Waals surface area contributed by atoms with E-state index in [-0.39, 0.29) is 0 Å². The number of likely N-dealkylation sites (N-methyl/N-ethyl adjacent to an activating group) is 1. The van der Waals surface area contributed by atoms with E-state index in [2.05, 4.69) is 30.1 Å². The number of hydrogen-bond donors (Lipinski definition) is 1. The molecule has 1 aromatic rings. The van der Waals surface area contributed by atoms with Crippen LogP contribution in [0.2, 0.25) is 0 Å². The van der Waals surface area contributed by atoms with Crippen molar-refractivity contribution in [3.8, 4) is 11.5 Å². The maximum absolute atomic E-state index is 5.74. The highest BCUT2D eigenvalue weighted by molar-refractivity contribution is 5.43. The quantitative estimate of drug-likeness (QED) is 0.830. The first kappa shape index (κ1) is 15.1. The van der Waals surface area contributed by atoms with Gasteiger partial charge in [-0.05, 0) is 19.2 Å². The highest BCUT2D eigenvalue weighted by Crippen LogP contribution is 2.34. The van der Waals surface area contributed by atoms with Gasteiger partial charge < -0.3 is 19.7 Å². The molecule has 0 saturated heterocycles. The second kappa shape index (κ2) is 7.50. The SMILES string of the molecule is CCN(CC)CCNC1CCOc2cc(OC)ccc21. The van der Waals surface area contributed by atoms with Crippen LogP contribution in [0.15, 0.2) is 18.2 Å². The van der Waals surface area contributed by atoms with Gasteiger partial charge >= 0.3 is 0 Å². The van der Waals surface area contributed by atoms with Crippen LogP contribution in [0.3, 0.4) is 0 Å². The largest absolute Gasteiger partial charge is 0.497 e. The predicted molar refractivity (Wildman–Crippen MR) is 81.6 cm³/mol. The molecular formula is C16H26N2O2. The fourth-order valence-electron chi connectivity index (χ4n) is 2.65. The molecule has 1 aromatic carbocycles. The average Bonchev–Trinajstić information content (AvgIpc) is 2.51. The standard InChI is InChI=1S/C16H26N2O2/c1-4-18(5-2)10-9-17-15-8-11-20-16-12-13(19-3)6-7-14(15)16/h6-7,12,15,17H,4-5,8-11H2,1-3H3. The van der Waals surface area contributed by atoms with E-state index in [4.69, 9.17) is 9.47 Å². The molecule has 0 fully saturated rings. The van der Waals surface area contributed by atoms with Crippen LogP contribution >= 0.6 is 0 Å². The smallest absolute Gasteiger partial charge is 0.127 e. The molecule has 0 radical (unpaired) electrons. The highest BCUT2D eigenvalue weighted by Gasteiger charge is 2.21. The number of benzene rings is 1. The van der Waals surface area contributed by atoms with Crippen LogP contribution in [0.5, 0.6) is 11.5 Å². The van der Waals surface area contributed by atoms with E-state index in [1.54, 1.807) is 7.11 Å². The number of nitrogens with one attached hydrogen (secondary N) is 1. The lowest BCUT2D eigenvalue weighted by atomic mass is 10.0. The van der Waals surface area contributed by atoms with Crippen molar-refractivity contribution in [2.75, 3.05) is 39.9 Å². The van der Waals surface area contributed by atoms with E-state index in [1.807, 2.05) is 12.1 Å². The van der Waals surface area contributed by atoms with E-state index in [1.165, 1.54) is 5.56 Å². The van der Waals surface area contributed by atoms with Gasteiger partial charge in [-0.2, -0.15) is 0 Å². The summed E-state index contributed by atoms with van der Waals surface area (Å²) in [6, 6.07) is 6.49. The fourth-order valence-corrected chi connectivity index (χ4v) is 2.65. The lowest BCUT2D eigenvalue weighted by molar-refractivity contribution is 0.241. The third-order valence-electron chi connectivity index (χ3n) is 3.97. The molecule has 1 aliphatic rings. The van der Waals surface area contributed by atoms with Gasteiger partial charge in [-0.1, -0.05) is 19.9 Å². The summed E-state index contributed by atoms with van der Waals surface area (Å²) in [5.41, 5.74) is 1.25. The molecule has 1 atom stereocenters. The van der Waals surface area contributed by atoms with Crippen molar-refractivity contribution in [2.45, 2.75) is 26.3 Å². The molecular weight excluding hydrogens is 252 g/mol. The van der Waals surface area contributed by atoms with E-state index >= 15 is 0 Å². The minimum Gasteiger partial charge on any atom is -0.497 e. The molecule has 4 heteroatoms. The van der Waals surface area contributed by atoms with Gasteiger partial charge in [0.15, 0.2) is 0 Å². The number of methoxy groups -OCH3 is 1. The molecule has 2 rings (SSSR count). The number of fused-ring (bicyclic) bond motifs is 1. The molecule has 0 aromatic heterocycles. The number of nitrogens with zero attached hydrogens (tertiary/aromatic N) is 1. The first-order valence-electron chi connectivity index (χ1n) is 7.55. The molecule has 20 heavy (non-hydrogen) atoms. The summed E-state index contributed by atoms with van der Waals surface area (Å²) in [6.07, 6.45) is 1.03. The van der Waals surface area contributed by atoms with Gasteiger partial charge in [-0.3, -0.25) is 0 Å². The average molecular weight is 278 g/mol. The van der Waals surface area contributed by atoms with E-state index in [0.29, 0.717) is 6.04 Å². The molecule has 4 nitrogen and oxygen atoms in total. The molecule has 0 aliphatic carbocycles. The molecule has 0 amide bonds. The zero-order chi connectivity index (χ0) is 14.4. The Kier molecular flexibility index (Phi) is 5.68. The van der Waals surface area contributed by atoms with Gasteiger partial charge in [0.1, 0.15) is 11.5 Å². The summed E-state index contributed by atoms with van der Waals surface area (Å²) in [5, 5.41) is 3.65. The van der Waals surface area contributed by atoms with Crippen LogP contribution in [-0.2, 0) is 0 Å². The molecule has 1 heterocycles. The van der Waals surface area contributed by atoms with E-state index in [0.717, 1.165) is 50.7 Å². The number of hydrogen-bond acceptors (Lipinski definition) is 4. The second-order valence-electron chi connectivity index (χ2n) is 5.07. The van der Waals surface area contributed by atoms with Crippen molar-refractivity contribution < 1.29 is 9.47 Å². The second-order valence-corrected chi connectivity index (χ2v) is 5.07. The molecule has 1 N–H and O–H groups in total. The lowest BCUT2D eigenvalue weighted by Crippen LogP contribution is -2.35. The van der Waals surface area contributed by atoms with Gasteiger partial charge in [-0.25, -0.2) is 0 Å². The van der Waals surface area contributed by atoms with Crippen molar-refractivity contribution in [1.29, 1.82) is 0 Å². The maximum Gasteiger partial charge on any atom is 0.127 e. The summed E-state index contributed by atoms with van der Waals surface area (Å²) in [6.45, 7) is 9.51. The number of ether oxygens (including phenoxy) is 2. The Bertz CT molecular complexity index is 419. The summed E-state index contributed by atoms with van der Waals surface area (Å²) < 4.78 is 11.0. The normalized spacial score (nSPS) is 17.7. The lowest BCUT2D eigenvalue weighted by Gasteiger charge is -2.28. The highest BCUT2D eigenvalue weighted by atomic mass is 16.5. The topological polar surface area (TPSA) is 33.7 Å². The molecule has 0 bridgehead atoms. The summed E-state index contributed by atoms with van der Waals surface area (Å²) in [7, 11) is 1.68. The molecule has 0 spiro atoms. The van der Waals surface area contributed by atoms with Gasteiger partial charge in [0.2, 0.25) is 0 Å². The Hall–Kier alpha value is -1.26. The summed E-state index contributed by atoms with van der Waals surface area (Å²) >= 11 is 0. The monoisotopic (exact) mass is 278 g/mol. The van der Waals surface area contributed by atoms with Crippen molar-refractivity contribution in [1.82, 2.24) is 10.2 Å². The Morgan fingerprint density at radius 1 is 1.35 bits per heavy atom. The Balaban J connectivity index is 1.94. The maximum atomic E-state index is 5.74. The number of rotatable bonds is 7. The van der Waals surface area contributed by atoms with Crippen molar-refractivity contribution in [3.05, 3.63) is 23.8 Å². The Morgan fingerprint density at radius 3 is 2.85 bits per heavy atom. The minimum absolute atomic E-state index is 0.389. The van der Waals surface area contributed by atoms with Crippen LogP contribution in [0.4, 0.5) is 0 Å². The molecule has 1 unspecified atom stereocenters. The zero-order valence-corrected chi connectivity index (χ0v) is 12.8. The molecule has 112 valence electrons. The molecule has 0 saturated carbocycles. The van der Waals surface area contributed by atoms with Crippen molar-refractivity contribution in [3.63, 3.8) is 0 Å². The van der Waals surface area contributed by atoms with Crippen molar-refractivity contribution >= 4 is 0 Å². The van der Waals surface area contributed by atoms with Crippen LogP contribution in [0, 0.1) is 0 Å². The first-order chi connectivity index (χ1) is 9.78. The Labute approximate surface area is 122 Å². The van der Waals surface area contributed by atoms with Crippen LogP contribution < -0.4 is 14.8 Å². The van der Waals surface area contributed by atoms with Gasteiger partial charge in [0, 0.05) is 37.2 Å². The third-order valence-corrected chi connectivity index (χ3v) is 3.97. The van der Waals surface area contributed by atoms with Gasteiger partial charge in [-0.15, -0.1) is 0 Å². The van der Waals surface area contributed by atoms with Crippen LogP contribution in [-0.4, -0.2) is 44.8 Å². The minimum atomic E-state index is 0.389. The van der Waals surface area contributed by atoms with Gasteiger partial charge in [0.05, 0.1) is 13.7 Å². The third kappa shape index (κ3) is 3.64. The predicted octanol–water partition coefficient (Wildman–Crippen LogP) is 2.45. The Morgan fingerprint density at radius 2 is 2.15 bits per heavy atom. The van der Waals surface area contributed by atoms with E-state index in [9.17, 15) is 0 Å². The zero-order valence-electron chi connectivity index (χ0n) is 12.8. The van der Waals surface area contributed by atoms with Crippen molar-refractivity contribution in [2.24, 2.45) is 0 Å².